The van der Waals surface area contributed by atoms with E-state index in [1.165, 1.54) is 11.1 Å². The lowest BCUT2D eigenvalue weighted by Crippen LogP contribution is -2.26. The first-order chi connectivity index (χ1) is 15.6. The van der Waals surface area contributed by atoms with Gasteiger partial charge < -0.3 is 9.88 Å². The van der Waals surface area contributed by atoms with Crippen LogP contribution in [0, 0.1) is 6.92 Å². The van der Waals surface area contributed by atoms with Crippen LogP contribution in [0.15, 0.2) is 83.7 Å². The fourth-order valence-electron chi connectivity index (χ4n) is 4.16. The van der Waals surface area contributed by atoms with Crippen LogP contribution in [-0.2, 0) is 6.54 Å². The van der Waals surface area contributed by atoms with Crippen molar-refractivity contribution in [3.63, 3.8) is 0 Å². The van der Waals surface area contributed by atoms with Crippen LogP contribution in [0.1, 0.15) is 46.4 Å². The van der Waals surface area contributed by atoms with Crippen LogP contribution in [0.2, 0.25) is 0 Å². The van der Waals surface area contributed by atoms with E-state index in [1.807, 2.05) is 43.3 Å². The predicted molar refractivity (Wildman–Crippen MR) is 128 cm³/mol. The van der Waals surface area contributed by atoms with Crippen LogP contribution >= 0.6 is 0 Å². The van der Waals surface area contributed by atoms with Gasteiger partial charge in [-0.25, -0.2) is 4.98 Å². The lowest BCUT2D eigenvalue weighted by molar-refractivity contribution is 0.0953. The van der Waals surface area contributed by atoms with E-state index in [0.29, 0.717) is 29.9 Å². The van der Waals surface area contributed by atoms with E-state index in [4.69, 9.17) is 0 Å². The van der Waals surface area contributed by atoms with Crippen LogP contribution in [0.3, 0.4) is 0 Å². The SMILES string of the molecule is CCn1c(=O)c(C)nc2cc(C(=O)NCCC(c3ccccc3)c3ccccc3)ccc21. The molecule has 0 spiro atoms. The zero-order valence-electron chi connectivity index (χ0n) is 18.4. The van der Waals surface area contributed by atoms with Gasteiger partial charge >= 0.3 is 0 Å². The highest BCUT2D eigenvalue weighted by atomic mass is 16.1. The van der Waals surface area contributed by atoms with Crippen molar-refractivity contribution >= 4 is 16.9 Å². The molecule has 0 aliphatic heterocycles. The first-order valence-corrected chi connectivity index (χ1v) is 11.0. The van der Waals surface area contributed by atoms with Crippen molar-refractivity contribution in [2.24, 2.45) is 0 Å². The summed E-state index contributed by atoms with van der Waals surface area (Å²) < 4.78 is 1.68. The molecule has 0 atom stereocenters. The number of aryl methyl sites for hydroxylation is 2. The van der Waals surface area contributed by atoms with Gasteiger partial charge in [0.05, 0.1) is 11.0 Å². The van der Waals surface area contributed by atoms with Gasteiger partial charge in [-0.3, -0.25) is 9.59 Å². The molecule has 3 aromatic carbocycles. The van der Waals surface area contributed by atoms with E-state index in [1.54, 1.807) is 29.7 Å². The third-order valence-corrected chi connectivity index (χ3v) is 5.81. The van der Waals surface area contributed by atoms with Crippen molar-refractivity contribution in [1.82, 2.24) is 14.9 Å². The van der Waals surface area contributed by atoms with E-state index < -0.39 is 0 Å². The van der Waals surface area contributed by atoms with Crippen LogP contribution in [-0.4, -0.2) is 22.0 Å². The normalized spacial score (nSPS) is 11.1. The summed E-state index contributed by atoms with van der Waals surface area (Å²) >= 11 is 0. The Kier molecular flexibility index (Phi) is 6.45. The Morgan fingerprint density at radius 2 is 1.59 bits per heavy atom. The highest BCUT2D eigenvalue weighted by molar-refractivity contribution is 5.97. The van der Waals surface area contributed by atoms with E-state index in [2.05, 4.69) is 34.6 Å². The first-order valence-electron chi connectivity index (χ1n) is 11.0. The molecular formula is C27H27N3O2. The molecule has 1 heterocycles. The molecular weight excluding hydrogens is 398 g/mol. The molecule has 0 radical (unpaired) electrons. The summed E-state index contributed by atoms with van der Waals surface area (Å²) in [6.45, 7) is 4.74. The van der Waals surface area contributed by atoms with Crippen LogP contribution < -0.4 is 10.9 Å². The summed E-state index contributed by atoms with van der Waals surface area (Å²) in [5.74, 6) is 0.0677. The molecule has 0 aliphatic carbocycles. The molecule has 4 rings (SSSR count). The number of hydrogen-bond donors (Lipinski definition) is 1. The maximum atomic E-state index is 12.8. The lowest BCUT2D eigenvalue weighted by atomic mass is 9.88. The van der Waals surface area contributed by atoms with Crippen LogP contribution in [0.25, 0.3) is 11.0 Å². The molecule has 162 valence electrons. The van der Waals surface area contributed by atoms with Gasteiger partial charge in [-0.1, -0.05) is 60.7 Å². The van der Waals surface area contributed by atoms with Crippen molar-refractivity contribution in [2.45, 2.75) is 32.7 Å². The Bertz CT molecular complexity index is 1240. The fourth-order valence-corrected chi connectivity index (χ4v) is 4.16. The average molecular weight is 426 g/mol. The summed E-state index contributed by atoms with van der Waals surface area (Å²) in [6.07, 6.45) is 0.792. The minimum Gasteiger partial charge on any atom is -0.352 e. The summed E-state index contributed by atoms with van der Waals surface area (Å²) in [5.41, 5.74) is 4.75. The van der Waals surface area contributed by atoms with Crippen molar-refractivity contribution in [2.75, 3.05) is 6.54 Å². The minimum atomic E-state index is -0.138. The number of nitrogens with zero attached hydrogens (tertiary/aromatic N) is 2. The average Bonchev–Trinajstić information content (AvgIpc) is 2.83. The number of amides is 1. The molecule has 32 heavy (non-hydrogen) atoms. The number of aromatic nitrogens is 2. The Morgan fingerprint density at radius 3 is 2.19 bits per heavy atom. The zero-order valence-corrected chi connectivity index (χ0v) is 18.4. The number of carbonyl (C=O) groups excluding carboxylic acids is 1. The predicted octanol–water partition coefficient (Wildman–Crippen LogP) is 4.68. The van der Waals surface area contributed by atoms with Gasteiger partial charge in [0.1, 0.15) is 5.69 Å². The Balaban J connectivity index is 1.51. The summed E-state index contributed by atoms with van der Waals surface area (Å²) in [5, 5.41) is 3.05. The molecule has 1 aromatic heterocycles. The van der Waals surface area contributed by atoms with E-state index >= 15 is 0 Å². The van der Waals surface area contributed by atoms with Crippen LogP contribution in [0.4, 0.5) is 0 Å². The third-order valence-electron chi connectivity index (χ3n) is 5.81. The third kappa shape index (κ3) is 4.47. The quantitative estimate of drug-likeness (QED) is 0.468. The van der Waals surface area contributed by atoms with Crippen molar-refractivity contribution < 1.29 is 4.79 Å². The molecule has 5 heteroatoms. The molecule has 0 bridgehead atoms. The topological polar surface area (TPSA) is 64.0 Å². The Hall–Kier alpha value is -3.73. The highest BCUT2D eigenvalue weighted by Gasteiger charge is 2.15. The van der Waals surface area contributed by atoms with E-state index in [9.17, 15) is 9.59 Å². The van der Waals surface area contributed by atoms with E-state index in [-0.39, 0.29) is 17.4 Å². The lowest BCUT2D eigenvalue weighted by Gasteiger charge is -2.18. The molecule has 4 aromatic rings. The molecule has 0 fully saturated rings. The van der Waals surface area contributed by atoms with Crippen molar-refractivity contribution in [3.8, 4) is 0 Å². The smallest absolute Gasteiger partial charge is 0.272 e. The van der Waals surface area contributed by atoms with Gasteiger partial charge in [0.2, 0.25) is 0 Å². The van der Waals surface area contributed by atoms with Gasteiger partial charge in [0, 0.05) is 24.6 Å². The summed E-state index contributed by atoms with van der Waals surface area (Å²) in [6, 6.07) is 26.0. The zero-order chi connectivity index (χ0) is 22.5. The summed E-state index contributed by atoms with van der Waals surface area (Å²) in [7, 11) is 0. The van der Waals surface area contributed by atoms with Crippen LogP contribution in [0.5, 0.6) is 0 Å². The molecule has 0 saturated heterocycles. The second-order valence-electron chi connectivity index (χ2n) is 7.87. The fraction of sp³-hybridized carbons (Fsp3) is 0.222. The molecule has 1 amide bonds. The number of hydrogen-bond acceptors (Lipinski definition) is 3. The Labute approximate surface area is 187 Å². The van der Waals surface area contributed by atoms with Gasteiger partial charge in [0.25, 0.3) is 11.5 Å². The second-order valence-corrected chi connectivity index (χ2v) is 7.87. The van der Waals surface area contributed by atoms with Gasteiger partial charge in [0.15, 0.2) is 0 Å². The first kappa shape index (κ1) is 21.5. The van der Waals surface area contributed by atoms with Gasteiger partial charge in [-0.15, -0.1) is 0 Å². The monoisotopic (exact) mass is 425 g/mol. The number of carbonyl (C=O) groups is 1. The standard InChI is InChI=1S/C27H27N3O2/c1-3-30-25-15-14-22(18-24(25)29-19(2)27(30)32)26(31)28-17-16-23(20-10-6-4-7-11-20)21-12-8-5-9-13-21/h4-15,18,23H,3,16-17H2,1-2H3,(H,28,31). The molecule has 5 nitrogen and oxygen atoms in total. The van der Waals surface area contributed by atoms with Crippen molar-refractivity contribution in [3.05, 3.63) is 112 Å². The highest BCUT2D eigenvalue weighted by Crippen LogP contribution is 2.27. The number of rotatable bonds is 7. The number of fused-ring (bicyclic) bond motifs is 1. The maximum absolute atomic E-state index is 12.8. The second kappa shape index (κ2) is 9.60. The minimum absolute atomic E-state index is 0.0925. The maximum Gasteiger partial charge on any atom is 0.272 e. The molecule has 0 unspecified atom stereocenters. The van der Waals surface area contributed by atoms with Gasteiger partial charge in [-0.05, 0) is 49.6 Å². The number of benzene rings is 3. The largest absolute Gasteiger partial charge is 0.352 e. The van der Waals surface area contributed by atoms with E-state index in [0.717, 1.165) is 11.9 Å². The van der Waals surface area contributed by atoms with Gasteiger partial charge in [-0.2, -0.15) is 0 Å². The summed E-state index contributed by atoms with van der Waals surface area (Å²) in [4.78, 5) is 29.5. The number of nitrogens with one attached hydrogen (secondary N) is 1. The molecule has 0 saturated carbocycles. The molecule has 1 N–H and O–H groups in total. The van der Waals surface area contributed by atoms with Crippen molar-refractivity contribution in [1.29, 1.82) is 0 Å². The Morgan fingerprint density at radius 1 is 0.969 bits per heavy atom. The molecule has 0 aliphatic rings.